The molecule has 2 fully saturated rings. The van der Waals surface area contributed by atoms with Crippen LogP contribution >= 0.6 is 11.3 Å². The van der Waals surface area contributed by atoms with Gasteiger partial charge in [0, 0.05) is 43.8 Å². The molecule has 1 N–H and O–H groups in total. The number of piperidine rings is 1. The van der Waals surface area contributed by atoms with E-state index >= 15 is 0 Å². The molecule has 25 heavy (non-hydrogen) atoms. The van der Waals surface area contributed by atoms with Gasteiger partial charge in [-0.3, -0.25) is 9.59 Å². The molecule has 4 rings (SSSR count). The van der Waals surface area contributed by atoms with Gasteiger partial charge in [-0.1, -0.05) is 5.16 Å². The third-order valence-electron chi connectivity index (χ3n) is 5.34. The molecule has 2 aliphatic heterocycles. The van der Waals surface area contributed by atoms with Crippen molar-refractivity contribution in [3.8, 4) is 0 Å². The maximum absolute atomic E-state index is 12.5. The number of rotatable bonds is 3. The molecule has 0 aromatic carbocycles. The van der Waals surface area contributed by atoms with Crippen LogP contribution in [0.15, 0.2) is 10.5 Å². The highest BCUT2D eigenvalue weighted by Gasteiger charge is 2.45. The molecule has 0 radical (unpaired) electrons. The van der Waals surface area contributed by atoms with Gasteiger partial charge in [0.2, 0.25) is 0 Å². The Morgan fingerprint density at radius 3 is 2.72 bits per heavy atom. The Morgan fingerprint density at radius 2 is 2.12 bits per heavy atom. The molecule has 1 spiro atoms. The average molecular weight is 362 g/mol. The molecule has 1 aliphatic carbocycles. The average Bonchev–Trinajstić information content (AvgIpc) is 3.18. The molecule has 0 bridgehead atoms. The fraction of sp³-hybridized carbons (Fsp3) is 0.647. The summed E-state index contributed by atoms with van der Waals surface area (Å²) in [4.78, 5) is 36.5. The topological polar surface area (TPSA) is 83.9 Å². The zero-order valence-electron chi connectivity index (χ0n) is 14.3. The molecule has 3 aliphatic rings. The smallest absolute Gasteiger partial charge is 0.273 e. The summed E-state index contributed by atoms with van der Waals surface area (Å²) >= 11 is 1.48. The lowest BCUT2D eigenvalue weighted by atomic mass is 9.86. The highest BCUT2D eigenvalue weighted by molar-refractivity contribution is 7.09. The molecular weight excluding hydrogens is 340 g/mol. The Hall–Kier alpha value is -1.96. The van der Waals surface area contributed by atoms with Gasteiger partial charge in [-0.2, -0.15) is 0 Å². The summed E-state index contributed by atoms with van der Waals surface area (Å²) in [7, 11) is 0. The van der Waals surface area contributed by atoms with Crippen LogP contribution in [0.4, 0.5) is 0 Å². The number of aryl methyl sites for hydroxylation is 1. The van der Waals surface area contributed by atoms with Gasteiger partial charge in [0.1, 0.15) is 17.0 Å². The van der Waals surface area contributed by atoms with Crippen LogP contribution in [0.2, 0.25) is 0 Å². The second-order valence-electron chi connectivity index (χ2n) is 7.13. The highest BCUT2D eigenvalue weighted by Crippen LogP contribution is 2.35. The van der Waals surface area contributed by atoms with Crippen LogP contribution in [-0.4, -0.2) is 52.1 Å². The zero-order chi connectivity index (χ0) is 17.4. The quantitative estimate of drug-likeness (QED) is 0.890. The summed E-state index contributed by atoms with van der Waals surface area (Å²) in [6.07, 6.45) is 5.19. The number of oxime groups is 1. The van der Waals surface area contributed by atoms with Crippen LogP contribution in [0.25, 0.3) is 0 Å². The van der Waals surface area contributed by atoms with Crippen molar-refractivity contribution in [3.63, 3.8) is 0 Å². The van der Waals surface area contributed by atoms with Crippen LogP contribution in [0.5, 0.6) is 0 Å². The fourth-order valence-corrected chi connectivity index (χ4v) is 4.06. The van der Waals surface area contributed by atoms with E-state index in [1.54, 1.807) is 5.38 Å². The van der Waals surface area contributed by atoms with Crippen molar-refractivity contribution in [2.45, 2.75) is 57.1 Å². The number of amides is 2. The van der Waals surface area contributed by atoms with Crippen molar-refractivity contribution in [1.82, 2.24) is 15.2 Å². The first-order chi connectivity index (χ1) is 12.0. The second-order valence-corrected chi connectivity index (χ2v) is 8.20. The van der Waals surface area contributed by atoms with Crippen molar-refractivity contribution in [3.05, 3.63) is 16.1 Å². The number of hydrogen-bond acceptors (Lipinski definition) is 6. The van der Waals surface area contributed by atoms with Gasteiger partial charge in [0.15, 0.2) is 0 Å². The molecule has 1 aromatic rings. The van der Waals surface area contributed by atoms with E-state index in [0.717, 1.165) is 17.8 Å². The van der Waals surface area contributed by atoms with Gasteiger partial charge < -0.3 is 15.1 Å². The largest absolute Gasteiger partial charge is 0.388 e. The van der Waals surface area contributed by atoms with E-state index in [2.05, 4.69) is 15.5 Å². The van der Waals surface area contributed by atoms with E-state index in [0.29, 0.717) is 49.8 Å². The molecule has 1 saturated heterocycles. The van der Waals surface area contributed by atoms with Crippen LogP contribution in [0.1, 0.15) is 54.0 Å². The van der Waals surface area contributed by atoms with Gasteiger partial charge in [-0.15, -0.1) is 11.3 Å². The number of nitrogens with one attached hydrogen (secondary N) is 1. The number of thiazole rings is 1. The van der Waals surface area contributed by atoms with Gasteiger partial charge in [-0.25, -0.2) is 4.98 Å². The van der Waals surface area contributed by atoms with E-state index in [1.807, 2.05) is 11.8 Å². The Kier molecular flexibility index (Phi) is 4.23. The number of hydrogen-bond donors (Lipinski definition) is 1. The molecule has 0 unspecified atom stereocenters. The standard InChI is InChI=1S/C17H22N4O3S/c1-11-18-14(10-25-11)16(23)21-7-5-17(6-8-21)9-13(20-24-17)15(22)19-12-3-2-4-12/h10,12H,2-9H2,1H3,(H,19,22). The predicted molar refractivity (Wildman–Crippen MR) is 93.6 cm³/mol. The van der Waals surface area contributed by atoms with E-state index < -0.39 is 5.60 Å². The zero-order valence-corrected chi connectivity index (χ0v) is 15.1. The summed E-state index contributed by atoms with van der Waals surface area (Å²) in [5, 5.41) is 9.76. The first-order valence-electron chi connectivity index (χ1n) is 8.82. The molecule has 134 valence electrons. The van der Waals surface area contributed by atoms with E-state index in [9.17, 15) is 9.59 Å². The van der Waals surface area contributed by atoms with Crippen LogP contribution in [-0.2, 0) is 9.63 Å². The molecule has 8 heteroatoms. The maximum atomic E-state index is 12.5. The summed E-state index contributed by atoms with van der Waals surface area (Å²) in [5.41, 5.74) is 0.575. The summed E-state index contributed by atoms with van der Waals surface area (Å²) in [5.74, 6) is -0.126. The monoisotopic (exact) mass is 362 g/mol. The Bertz CT molecular complexity index is 717. The normalized spacial score (nSPS) is 22.3. The Morgan fingerprint density at radius 1 is 1.36 bits per heavy atom. The van der Waals surface area contributed by atoms with Crippen LogP contribution < -0.4 is 5.32 Å². The minimum atomic E-state index is -0.430. The van der Waals surface area contributed by atoms with Gasteiger partial charge in [-0.05, 0) is 26.2 Å². The fourth-order valence-electron chi connectivity index (χ4n) is 3.47. The third-order valence-corrected chi connectivity index (χ3v) is 6.12. The summed E-state index contributed by atoms with van der Waals surface area (Å²) in [6, 6.07) is 0.299. The predicted octanol–water partition coefficient (Wildman–Crippen LogP) is 1.87. The molecule has 2 amide bonds. The molecule has 0 atom stereocenters. The SMILES string of the molecule is Cc1nc(C(=O)N2CCC3(CC2)CC(C(=O)NC2CCC2)=NO3)cs1. The minimum Gasteiger partial charge on any atom is -0.388 e. The first kappa shape index (κ1) is 16.5. The first-order valence-corrected chi connectivity index (χ1v) is 9.70. The number of aromatic nitrogens is 1. The third kappa shape index (κ3) is 3.27. The molecule has 1 saturated carbocycles. The Labute approximate surface area is 150 Å². The highest BCUT2D eigenvalue weighted by atomic mass is 32.1. The molecular formula is C17H22N4O3S. The molecule has 7 nitrogen and oxygen atoms in total. The minimum absolute atomic E-state index is 0.0268. The van der Waals surface area contributed by atoms with Crippen LogP contribution in [0, 0.1) is 6.92 Å². The van der Waals surface area contributed by atoms with Crippen molar-refractivity contribution >= 4 is 28.9 Å². The number of carbonyl (C=O) groups excluding carboxylic acids is 2. The van der Waals surface area contributed by atoms with E-state index in [1.165, 1.54) is 17.8 Å². The lowest BCUT2D eigenvalue weighted by Crippen LogP contribution is -2.48. The van der Waals surface area contributed by atoms with Gasteiger partial charge in [0.25, 0.3) is 11.8 Å². The lowest BCUT2D eigenvalue weighted by Gasteiger charge is -2.36. The maximum Gasteiger partial charge on any atom is 0.273 e. The van der Waals surface area contributed by atoms with Crippen LogP contribution in [0.3, 0.4) is 0 Å². The molecule has 1 aromatic heterocycles. The lowest BCUT2D eigenvalue weighted by molar-refractivity contribution is -0.116. The van der Waals surface area contributed by atoms with Gasteiger partial charge >= 0.3 is 0 Å². The van der Waals surface area contributed by atoms with Crippen molar-refractivity contribution < 1.29 is 14.4 Å². The van der Waals surface area contributed by atoms with Crippen molar-refractivity contribution in [2.24, 2.45) is 5.16 Å². The number of carbonyl (C=O) groups is 2. The van der Waals surface area contributed by atoms with Gasteiger partial charge in [0.05, 0.1) is 5.01 Å². The Balaban J connectivity index is 1.31. The van der Waals surface area contributed by atoms with Crippen molar-refractivity contribution in [1.29, 1.82) is 0 Å². The summed E-state index contributed by atoms with van der Waals surface area (Å²) in [6.45, 7) is 3.09. The molecule has 3 heterocycles. The van der Waals surface area contributed by atoms with E-state index in [-0.39, 0.29) is 11.8 Å². The second kappa shape index (κ2) is 6.40. The van der Waals surface area contributed by atoms with Crippen molar-refractivity contribution in [2.75, 3.05) is 13.1 Å². The number of nitrogens with zero attached hydrogens (tertiary/aromatic N) is 3. The summed E-state index contributed by atoms with van der Waals surface area (Å²) < 4.78 is 0. The van der Waals surface area contributed by atoms with E-state index in [4.69, 9.17) is 4.84 Å². The number of likely N-dealkylation sites (tertiary alicyclic amines) is 1.